The summed E-state index contributed by atoms with van der Waals surface area (Å²) in [5, 5.41) is 0. The van der Waals surface area contributed by atoms with Gasteiger partial charge in [0.1, 0.15) is 7.28 Å². The van der Waals surface area contributed by atoms with E-state index >= 15 is 0 Å². The molecule has 0 spiro atoms. The number of hydrogen-bond donors (Lipinski definition) is 2. The number of rotatable bonds is 3. The number of hydrogen-bond acceptors (Lipinski definition) is 2. The van der Waals surface area contributed by atoms with Gasteiger partial charge < -0.3 is 0 Å². The van der Waals surface area contributed by atoms with Crippen LogP contribution >= 0.6 is 0 Å². The van der Waals surface area contributed by atoms with Crippen molar-refractivity contribution < 1.29 is 0 Å². The van der Waals surface area contributed by atoms with Gasteiger partial charge in [-0.2, -0.15) is 0 Å². The topological polar surface area (TPSA) is 38.0 Å². The van der Waals surface area contributed by atoms with Gasteiger partial charge in [0, 0.05) is 6.54 Å². The minimum atomic E-state index is 0.856. The molecule has 1 rings (SSSR count). The fraction of sp³-hybridized carbons (Fsp3) is 1.00. The largest absolute Gasteiger partial charge is 0.271 e. The zero-order chi connectivity index (χ0) is 7.40. The molecule has 0 aromatic heterocycles. The van der Waals surface area contributed by atoms with E-state index in [4.69, 9.17) is 5.84 Å². The van der Waals surface area contributed by atoms with Crippen molar-refractivity contribution in [1.29, 1.82) is 0 Å². The second kappa shape index (κ2) is 3.99. The van der Waals surface area contributed by atoms with Crippen molar-refractivity contribution >= 4 is 7.28 Å². The summed E-state index contributed by atoms with van der Waals surface area (Å²) in [4.78, 5) is 0. The first kappa shape index (κ1) is 8.09. The maximum atomic E-state index is 5.28. The monoisotopic (exact) mass is 140 g/mol. The Labute approximate surface area is 63.8 Å². The van der Waals surface area contributed by atoms with E-state index in [-0.39, 0.29) is 0 Å². The molecule has 0 aromatic carbocycles. The van der Waals surface area contributed by atoms with Gasteiger partial charge >= 0.3 is 0 Å². The molecule has 1 aliphatic rings. The Hall–Kier alpha value is -0.0151. The third kappa shape index (κ3) is 1.73. The highest BCUT2D eigenvalue weighted by atomic mass is 15.2. The molecular weight excluding hydrogens is 123 g/mol. The van der Waals surface area contributed by atoms with Crippen molar-refractivity contribution in [2.75, 3.05) is 6.54 Å². The van der Waals surface area contributed by atoms with Gasteiger partial charge in [-0.1, -0.05) is 26.0 Å². The Balaban J connectivity index is 2.27. The molecule has 2 nitrogen and oxygen atoms in total. The van der Waals surface area contributed by atoms with Crippen LogP contribution in [0.3, 0.4) is 0 Å². The molecule has 10 heavy (non-hydrogen) atoms. The van der Waals surface area contributed by atoms with Gasteiger partial charge in [0.05, 0.1) is 0 Å². The first-order valence-corrected chi connectivity index (χ1v) is 4.32. The summed E-state index contributed by atoms with van der Waals surface area (Å²) in [5.41, 5.74) is 2.77. The molecule has 1 fully saturated rings. The van der Waals surface area contributed by atoms with E-state index in [1.54, 1.807) is 0 Å². The SMILES string of the molecule is CC[C@@H]1CBCC1CNN. The highest BCUT2D eigenvalue weighted by Gasteiger charge is 2.25. The predicted octanol–water partition coefficient (Wildman–Crippen LogP) is 0.379. The fourth-order valence-electron chi connectivity index (χ4n) is 2.07. The van der Waals surface area contributed by atoms with Crippen LogP contribution in [0.1, 0.15) is 13.3 Å². The first-order chi connectivity index (χ1) is 4.88. The van der Waals surface area contributed by atoms with E-state index in [0.29, 0.717) is 0 Å². The molecule has 3 N–H and O–H groups in total. The number of nitrogens with two attached hydrogens (primary N) is 1. The Bertz CT molecular complexity index is 97.6. The van der Waals surface area contributed by atoms with Crippen molar-refractivity contribution in [3.63, 3.8) is 0 Å². The molecule has 1 heterocycles. The summed E-state index contributed by atoms with van der Waals surface area (Å²) in [6.07, 6.45) is 4.12. The van der Waals surface area contributed by atoms with Crippen LogP contribution in [0.2, 0.25) is 12.6 Å². The average molecular weight is 140 g/mol. The van der Waals surface area contributed by atoms with Gasteiger partial charge in [0.25, 0.3) is 0 Å². The molecule has 0 aromatic rings. The number of nitrogens with one attached hydrogen (secondary N) is 1. The molecule has 1 aliphatic heterocycles. The molecule has 1 unspecified atom stereocenters. The summed E-state index contributed by atoms with van der Waals surface area (Å²) in [6, 6.07) is 0. The van der Waals surface area contributed by atoms with Gasteiger partial charge in [-0.15, -0.1) is 0 Å². The lowest BCUT2D eigenvalue weighted by Crippen LogP contribution is -2.30. The highest BCUT2D eigenvalue weighted by Crippen LogP contribution is 2.29. The van der Waals surface area contributed by atoms with Crippen LogP contribution in [-0.2, 0) is 0 Å². The fourth-order valence-corrected chi connectivity index (χ4v) is 2.07. The molecule has 0 amide bonds. The van der Waals surface area contributed by atoms with Crippen LogP contribution in [0.25, 0.3) is 0 Å². The van der Waals surface area contributed by atoms with Crippen LogP contribution in [0.5, 0.6) is 0 Å². The van der Waals surface area contributed by atoms with Crippen LogP contribution < -0.4 is 11.3 Å². The summed E-state index contributed by atoms with van der Waals surface area (Å²) in [5.74, 6) is 7.07. The normalized spacial score (nSPS) is 32.2. The molecule has 1 saturated heterocycles. The Morgan fingerprint density at radius 1 is 1.50 bits per heavy atom. The van der Waals surface area contributed by atoms with Crippen molar-refractivity contribution in [3.8, 4) is 0 Å². The average Bonchev–Trinajstić information content (AvgIpc) is 2.36. The minimum absolute atomic E-state index is 0.856. The Morgan fingerprint density at radius 2 is 2.20 bits per heavy atom. The van der Waals surface area contributed by atoms with Crippen molar-refractivity contribution in [2.45, 2.75) is 26.0 Å². The molecular formula is C7H17BN2. The third-order valence-corrected chi connectivity index (χ3v) is 2.72. The lowest BCUT2D eigenvalue weighted by molar-refractivity contribution is 0.382. The standard InChI is InChI=1S/C7H17BN2/c1-2-6-3-8-4-7(6)5-10-9/h6-8,10H,2-5,9H2,1H3/t6-,7?/m1/s1. The third-order valence-electron chi connectivity index (χ3n) is 2.72. The van der Waals surface area contributed by atoms with Crippen LogP contribution in [-0.4, -0.2) is 13.8 Å². The van der Waals surface area contributed by atoms with Crippen molar-refractivity contribution in [2.24, 2.45) is 17.7 Å². The van der Waals surface area contributed by atoms with E-state index in [1.807, 2.05) is 0 Å². The van der Waals surface area contributed by atoms with Crippen molar-refractivity contribution in [1.82, 2.24) is 5.43 Å². The maximum absolute atomic E-state index is 5.28. The van der Waals surface area contributed by atoms with Crippen molar-refractivity contribution in [3.05, 3.63) is 0 Å². The summed E-state index contributed by atoms with van der Waals surface area (Å²) < 4.78 is 0. The quantitative estimate of drug-likeness (QED) is 0.338. The van der Waals surface area contributed by atoms with E-state index in [0.717, 1.165) is 18.4 Å². The van der Waals surface area contributed by atoms with Gasteiger partial charge in [-0.3, -0.25) is 11.3 Å². The lowest BCUT2D eigenvalue weighted by atomic mass is 9.75. The Kier molecular flexibility index (Phi) is 3.22. The lowest BCUT2D eigenvalue weighted by Gasteiger charge is -2.17. The minimum Gasteiger partial charge on any atom is -0.271 e. The maximum Gasteiger partial charge on any atom is 0.121 e. The summed E-state index contributed by atoms with van der Waals surface area (Å²) in [6.45, 7) is 3.29. The van der Waals surface area contributed by atoms with E-state index in [1.165, 1.54) is 26.3 Å². The van der Waals surface area contributed by atoms with Crippen LogP contribution in [0.4, 0.5) is 0 Å². The molecule has 0 saturated carbocycles. The molecule has 3 heteroatoms. The summed E-state index contributed by atoms with van der Waals surface area (Å²) in [7, 11) is 1.41. The van der Waals surface area contributed by atoms with E-state index in [2.05, 4.69) is 12.3 Å². The second-order valence-electron chi connectivity index (χ2n) is 3.27. The molecule has 2 atom stereocenters. The van der Waals surface area contributed by atoms with E-state index in [9.17, 15) is 0 Å². The van der Waals surface area contributed by atoms with Gasteiger partial charge in [-0.05, 0) is 11.8 Å². The Morgan fingerprint density at radius 3 is 2.80 bits per heavy atom. The van der Waals surface area contributed by atoms with Crippen LogP contribution in [0, 0.1) is 11.8 Å². The summed E-state index contributed by atoms with van der Waals surface area (Å²) >= 11 is 0. The molecule has 0 radical (unpaired) electrons. The molecule has 58 valence electrons. The molecule has 0 aliphatic carbocycles. The highest BCUT2D eigenvalue weighted by molar-refractivity contribution is 6.36. The first-order valence-electron chi connectivity index (χ1n) is 4.32. The zero-order valence-corrected chi connectivity index (χ0v) is 6.77. The van der Waals surface area contributed by atoms with Gasteiger partial charge in [-0.25, -0.2) is 0 Å². The zero-order valence-electron chi connectivity index (χ0n) is 6.77. The van der Waals surface area contributed by atoms with Gasteiger partial charge in [0.15, 0.2) is 0 Å². The predicted molar refractivity (Wildman–Crippen MR) is 46.2 cm³/mol. The van der Waals surface area contributed by atoms with Crippen LogP contribution in [0.15, 0.2) is 0 Å². The number of hydrazine groups is 1. The smallest absolute Gasteiger partial charge is 0.121 e. The van der Waals surface area contributed by atoms with E-state index < -0.39 is 0 Å². The second-order valence-corrected chi connectivity index (χ2v) is 3.27. The molecule has 0 bridgehead atoms. The van der Waals surface area contributed by atoms with Gasteiger partial charge in [0.2, 0.25) is 0 Å².